The van der Waals surface area contributed by atoms with Crippen molar-refractivity contribution in [1.82, 2.24) is 4.98 Å². The van der Waals surface area contributed by atoms with Gasteiger partial charge in [0.1, 0.15) is 0 Å². The Morgan fingerprint density at radius 1 is 1.05 bits per heavy atom. The van der Waals surface area contributed by atoms with E-state index in [9.17, 15) is 4.79 Å². The highest BCUT2D eigenvalue weighted by Gasteiger charge is 2.34. The van der Waals surface area contributed by atoms with Crippen LogP contribution in [0.3, 0.4) is 0 Å². The van der Waals surface area contributed by atoms with E-state index in [1.54, 1.807) is 7.11 Å². The fourth-order valence-electron chi connectivity index (χ4n) is 2.53. The summed E-state index contributed by atoms with van der Waals surface area (Å²) in [5.41, 5.74) is 2.77. The highest BCUT2D eigenvalue weighted by atomic mass is 16.5. The van der Waals surface area contributed by atoms with Gasteiger partial charge in [-0.25, -0.2) is 4.98 Å². The maximum atomic E-state index is 13.0. The Morgan fingerprint density at radius 2 is 1.71 bits per heavy atom. The first-order valence-corrected chi connectivity index (χ1v) is 7.00. The number of ketones is 1. The second kappa shape index (κ2) is 5.68. The summed E-state index contributed by atoms with van der Waals surface area (Å²) in [4.78, 5) is 17.5. The molecule has 1 aromatic heterocycles. The van der Waals surface area contributed by atoms with Crippen molar-refractivity contribution in [1.29, 1.82) is 0 Å². The topological polar surface area (TPSA) is 39.2 Å². The Hall–Kier alpha value is -2.16. The fraction of sp³-hybridized carbons (Fsp3) is 0.333. The highest BCUT2D eigenvalue weighted by molar-refractivity contribution is 6.04. The van der Waals surface area contributed by atoms with Crippen LogP contribution in [0.4, 0.5) is 0 Å². The first-order chi connectivity index (χ1) is 9.87. The normalized spacial score (nSPS) is 11.3. The van der Waals surface area contributed by atoms with E-state index in [0.29, 0.717) is 5.88 Å². The minimum atomic E-state index is -0.704. The number of ether oxygens (including phenoxy) is 1. The first kappa shape index (κ1) is 15.2. The first-order valence-electron chi connectivity index (χ1n) is 7.00. The second-order valence-electron chi connectivity index (χ2n) is 5.79. The molecule has 1 aromatic carbocycles. The second-order valence-corrected chi connectivity index (χ2v) is 5.79. The van der Waals surface area contributed by atoms with Gasteiger partial charge in [0, 0.05) is 11.6 Å². The molecule has 3 nitrogen and oxygen atoms in total. The molecule has 0 saturated heterocycles. The molecule has 0 aliphatic carbocycles. The van der Waals surface area contributed by atoms with E-state index in [4.69, 9.17) is 4.74 Å². The van der Waals surface area contributed by atoms with Crippen LogP contribution in [-0.4, -0.2) is 17.9 Å². The van der Waals surface area contributed by atoms with Gasteiger partial charge in [0.25, 0.3) is 0 Å². The number of methoxy groups -OCH3 is 1. The number of aromatic nitrogens is 1. The number of pyridine rings is 1. The molecule has 21 heavy (non-hydrogen) atoms. The SMILES string of the molecule is COc1ccc(C)c(C(C)(C)C(=O)c2ccccc2C)n1. The van der Waals surface area contributed by atoms with Crippen LogP contribution in [-0.2, 0) is 5.41 Å². The monoisotopic (exact) mass is 283 g/mol. The molecule has 2 rings (SSSR count). The molecule has 0 spiro atoms. The Balaban J connectivity index is 2.51. The molecule has 110 valence electrons. The number of carbonyl (C=O) groups is 1. The smallest absolute Gasteiger partial charge is 0.213 e. The van der Waals surface area contributed by atoms with Crippen molar-refractivity contribution in [2.24, 2.45) is 0 Å². The molecule has 0 aliphatic rings. The van der Waals surface area contributed by atoms with E-state index in [1.807, 2.05) is 64.1 Å². The average molecular weight is 283 g/mol. The molecule has 0 saturated carbocycles. The van der Waals surface area contributed by atoms with Crippen LogP contribution in [0.15, 0.2) is 36.4 Å². The van der Waals surface area contributed by atoms with Crippen LogP contribution in [0, 0.1) is 13.8 Å². The van der Waals surface area contributed by atoms with Gasteiger partial charge in [0.15, 0.2) is 5.78 Å². The number of hydrogen-bond donors (Lipinski definition) is 0. The summed E-state index contributed by atoms with van der Waals surface area (Å²) in [5, 5.41) is 0. The third-order valence-electron chi connectivity index (χ3n) is 3.83. The molecule has 1 heterocycles. The van der Waals surface area contributed by atoms with Gasteiger partial charge in [0.05, 0.1) is 18.2 Å². The van der Waals surface area contributed by atoms with Crippen molar-refractivity contribution in [3.63, 3.8) is 0 Å². The molecular formula is C18H21NO2. The summed E-state index contributed by atoms with van der Waals surface area (Å²) in [6.45, 7) is 7.75. The Bertz CT molecular complexity index is 675. The van der Waals surface area contributed by atoms with Gasteiger partial charge < -0.3 is 4.74 Å². The molecule has 0 unspecified atom stereocenters. The van der Waals surface area contributed by atoms with Crippen LogP contribution in [0.5, 0.6) is 5.88 Å². The summed E-state index contributed by atoms with van der Waals surface area (Å²) < 4.78 is 5.19. The van der Waals surface area contributed by atoms with Gasteiger partial charge in [-0.15, -0.1) is 0 Å². The van der Waals surface area contributed by atoms with Crippen molar-refractivity contribution in [2.45, 2.75) is 33.1 Å². The summed E-state index contributed by atoms with van der Waals surface area (Å²) in [5.74, 6) is 0.603. The van der Waals surface area contributed by atoms with E-state index < -0.39 is 5.41 Å². The standard InChI is InChI=1S/C18H21NO2/c1-12-8-6-7-9-14(12)17(20)18(3,4)16-13(2)10-11-15(19-16)21-5/h6-11H,1-5H3. The lowest BCUT2D eigenvalue weighted by molar-refractivity contribution is 0.0904. The van der Waals surface area contributed by atoms with Crippen LogP contribution >= 0.6 is 0 Å². The molecule has 0 N–H and O–H groups in total. The molecule has 3 heteroatoms. The van der Waals surface area contributed by atoms with Crippen LogP contribution in [0.25, 0.3) is 0 Å². The van der Waals surface area contributed by atoms with Crippen molar-refractivity contribution in [2.75, 3.05) is 7.11 Å². The third-order valence-corrected chi connectivity index (χ3v) is 3.83. The van der Waals surface area contributed by atoms with Crippen molar-refractivity contribution in [3.8, 4) is 5.88 Å². The molecule has 0 aliphatic heterocycles. The zero-order valence-corrected chi connectivity index (χ0v) is 13.2. The quantitative estimate of drug-likeness (QED) is 0.800. The summed E-state index contributed by atoms with van der Waals surface area (Å²) in [6.07, 6.45) is 0. The van der Waals surface area contributed by atoms with Gasteiger partial charge in [-0.3, -0.25) is 4.79 Å². The zero-order valence-electron chi connectivity index (χ0n) is 13.2. The Labute approximate surface area is 126 Å². The number of rotatable bonds is 4. The lowest BCUT2D eigenvalue weighted by Crippen LogP contribution is -2.31. The van der Waals surface area contributed by atoms with Gasteiger partial charge in [-0.05, 0) is 38.8 Å². The minimum Gasteiger partial charge on any atom is -0.481 e. The number of carbonyl (C=O) groups excluding carboxylic acids is 1. The summed E-state index contributed by atoms with van der Waals surface area (Å²) >= 11 is 0. The zero-order chi connectivity index (χ0) is 15.6. The van der Waals surface area contributed by atoms with Crippen LogP contribution in [0.2, 0.25) is 0 Å². The van der Waals surface area contributed by atoms with Crippen molar-refractivity contribution < 1.29 is 9.53 Å². The van der Waals surface area contributed by atoms with Crippen LogP contribution < -0.4 is 4.74 Å². The molecule has 0 radical (unpaired) electrons. The van der Waals surface area contributed by atoms with E-state index in [2.05, 4.69) is 4.98 Å². The Morgan fingerprint density at radius 3 is 2.33 bits per heavy atom. The lowest BCUT2D eigenvalue weighted by atomic mass is 9.78. The van der Waals surface area contributed by atoms with E-state index in [1.165, 1.54) is 0 Å². The summed E-state index contributed by atoms with van der Waals surface area (Å²) in [6, 6.07) is 11.4. The van der Waals surface area contributed by atoms with Gasteiger partial charge in [-0.2, -0.15) is 0 Å². The van der Waals surface area contributed by atoms with E-state index >= 15 is 0 Å². The molecule has 0 amide bonds. The number of benzene rings is 1. The summed E-state index contributed by atoms with van der Waals surface area (Å²) in [7, 11) is 1.58. The third kappa shape index (κ3) is 2.82. The number of hydrogen-bond acceptors (Lipinski definition) is 3. The van der Waals surface area contributed by atoms with E-state index in [0.717, 1.165) is 22.4 Å². The molecular weight excluding hydrogens is 262 g/mol. The predicted octanol–water partition coefficient (Wildman–Crippen LogP) is 3.87. The number of aryl methyl sites for hydroxylation is 2. The maximum Gasteiger partial charge on any atom is 0.213 e. The average Bonchev–Trinajstić information content (AvgIpc) is 2.47. The van der Waals surface area contributed by atoms with Gasteiger partial charge in [0.2, 0.25) is 5.88 Å². The van der Waals surface area contributed by atoms with Crippen molar-refractivity contribution >= 4 is 5.78 Å². The van der Waals surface area contributed by atoms with Crippen molar-refractivity contribution in [3.05, 3.63) is 58.8 Å². The van der Waals surface area contributed by atoms with E-state index in [-0.39, 0.29) is 5.78 Å². The fourth-order valence-corrected chi connectivity index (χ4v) is 2.53. The molecule has 0 fully saturated rings. The highest BCUT2D eigenvalue weighted by Crippen LogP contribution is 2.31. The van der Waals surface area contributed by atoms with Crippen LogP contribution in [0.1, 0.15) is 41.0 Å². The lowest BCUT2D eigenvalue weighted by Gasteiger charge is -2.25. The Kier molecular flexibility index (Phi) is 4.12. The molecule has 2 aromatic rings. The molecule has 0 atom stereocenters. The largest absolute Gasteiger partial charge is 0.481 e. The maximum absolute atomic E-state index is 13.0. The van der Waals surface area contributed by atoms with Gasteiger partial charge >= 0.3 is 0 Å². The molecule has 0 bridgehead atoms. The minimum absolute atomic E-state index is 0.0736. The predicted molar refractivity (Wildman–Crippen MR) is 84.1 cm³/mol. The van der Waals surface area contributed by atoms with Gasteiger partial charge in [-0.1, -0.05) is 30.3 Å². The number of nitrogens with zero attached hydrogens (tertiary/aromatic N) is 1. The number of Topliss-reactive ketones (excluding diaryl/α,β-unsaturated/α-hetero) is 1.